The van der Waals surface area contributed by atoms with E-state index in [-0.39, 0.29) is 5.75 Å². The standard InChI is InChI=1S/C10H10O2/c1-2-8(7-11)9-3-5-10(12)6-4-9/h2-7,12H,1H3/b8-2-. The first-order chi connectivity index (χ1) is 5.77. The molecule has 2 heteroatoms. The van der Waals surface area contributed by atoms with E-state index in [2.05, 4.69) is 0 Å². The predicted octanol–water partition coefficient (Wildman–Crippen LogP) is 1.99. The van der Waals surface area contributed by atoms with Gasteiger partial charge in [-0.3, -0.25) is 4.79 Å². The molecule has 2 nitrogen and oxygen atoms in total. The molecule has 12 heavy (non-hydrogen) atoms. The number of phenols is 1. The zero-order valence-corrected chi connectivity index (χ0v) is 6.82. The highest BCUT2D eigenvalue weighted by atomic mass is 16.3. The van der Waals surface area contributed by atoms with Crippen LogP contribution in [-0.4, -0.2) is 11.4 Å². The van der Waals surface area contributed by atoms with Gasteiger partial charge in [0.2, 0.25) is 0 Å². The molecular weight excluding hydrogens is 152 g/mol. The van der Waals surface area contributed by atoms with E-state index in [4.69, 9.17) is 5.11 Å². The topological polar surface area (TPSA) is 37.3 Å². The Labute approximate surface area is 71.2 Å². The number of carbonyl (C=O) groups is 1. The second-order valence-corrected chi connectivity index (χ2v) is 2.41. The summed E-state index contributed by atoms with van der Waals surface area (Å²) in [5, 5.41) is 8.98. The van der Waals surface area contributed by atoms with Crippen LogP contribution in [0.2, 0.25) is 0 Å². The van der Waals surface area contributed by atoms with Crippen molar-refractivity contribution >= 4 is 11.9 Å². The summed E-state index contributed by atoms with van der Waals surface area (Å²) in [6, 6.07) is 6.53. The van der Waals surface area contributed by atoms with Gasteiger partial charge in [0.05, 0.1) is 0 Å². The van der Waals surface area contributed by atoms with Crippen molar-refractivity contribution in [2.75, 3.05) is 0 Å². The van der Waals surface area contributed by atoms with E-state index >= 15 is 0 Å². The van der Waals surface area contributed by atoms with Gasteiger partial charge in [-0.05, 0) is 24.6 Å². The molecule has 0 aliphatic heterocycles. The lowest BCUT2D eigenvalue weighted by Gasteiger charge is -1.98. The largest absolute Gasteiger partial charge is 0.508 e. The third kappa shape index (κ3) is 1.72. The Bertz CT molecular complexity index is 296. The lowest BCUT2D eigenvalue weighted by molar-refractivity contribution is -0.103. The van der Waals surface area contributed by atoms with E-state index in [9.17, 15) is 4.79 Å². The minimum absolute atomic E-state index is 0.208. The van der Waals surface area contributed by atoms with E-state index in [1.807, 2.05) is 0 Å². The van der Waals surface area contributed by atoms with Crippen LogP contribution in [0.5, 0.6) is 5.75 Å². The molecule has 0 unspecified atom stereocenters. The molecule has 0 saturated heterocycles. The summed E-state index contributed by atoms with van der Waals surface area (Å²) in [7, 11) is 0. The van der Waals surface area contributed by atoms with E-state index in [0.717, 1.165) is 11.8 Å². The van der Waals surface area contributed by atoms with Crippen LogP contribution in [-0.2, 0) is 4.79 Å². The zero-order valence-electron chi connectivity index (χ0n) is 6.82. The van der Waals surface area contributed by atoms with Gasteiger partial charge in [0, 0.05) is 5.57 Å². The van der Waals surface area contributed by atoms with Crippen molar-refractivity contribution in [1.29, 1.82) is 0 Å². The van der Waals surface area contributed by atoms with Crippen molar-refractivity contribution in [3.63, 3.8) is 0 Å². The minimum Gasteiger partial charge on any atom is -0.508 e. The summed E-state index contributed by atoms with van der Waals surface area (Å²) in [6.45, 7) is 1.80. The van der Waals surface area contributed by atoms with Crippen LogP contribution < -0.4 is 0 Å². The van der Waals surface area contributed by atoms with Gasteiger partial charge in [0.15, 0.2) is 0 Å². The van der Waals surface area contributed by atoms with Crippen LogP contribution in [0, 0.1) is 0 Å². The lowest BCUT2D eigenvalue weighted by atomic mass is 10.1. The van der Waals surface area contributed by atoms with E-state index in [1.165, 1.54) is 0 Å². The fourth-order valence-corrected chi connectivity index (χ4v) is 0.957. The Balaban J connectivity index is 3.04. The molecule has 0 aliphatic carbocycles. The monoisotopic (exact) mass is 162 g/mol. The van der Waals surface area contributed by atoms with Gasteiger partial charge in [-0.25, -0.2) is 0 Å². The molecule has 62 valence electrons. The molecule has 1 rings (SSSR count). The molecule has 0 radical (unpaired) electrons. The van der Waals surface area contributed by atoms with Gasteiger partial charge in [-0.15, -0.1) is 0 Å². The highest BCUT2D eigenvalue weighted by Gasteiger charge is 1.97. The molecule has 1 aromatic rings. The average Bonchev–Trinajstić information content (AvgIpc) is 2.10. The second kappa shape index (κ2) is 3.72. The van der Waals surface area contributed by atoms with Crippen molar-refractivity contribution in [2.24, 2.45) is 0 Å². The van der Waals surface area contributed by atoms with Crippen molar-refractivity contribution in [2.45, 2.75) is 6.92 Å². The maximum Gasteiger partial charge on any atom is 0.150 e. The van der Waals surface area contributed by atoms with Gasteiger partial charge in [-0.1, -0.05) is 18.2 Å². The molecule has 0 spiro atoms. The van der Waals surface area contributed by atoms with Crippen LogP contribution in [0.3, 0.4) is 0 Å². The van der Waals surface area contributed by atoms with Gasteiger partial charge < -0.3 is 5.11 Å². The molecule has 0 aliphatic rings. The van der Waals surface area contributed by atoms with Crippen molar-refractivity contribution in [3.8, 4) is 5.75 Å². The van der Waals surface area contributed by atoms with Crippen LogP contribution in [0.1, 0.15) is 12.5 Å². The molecule has 0 fully saturated rings. The van der Waals surface area contributed by atoms with Crippen LogP contribution in [0.4, 0.5) is 0 Å². The van der Waals surface area contributed by atoms with E-state index in [0.29, 0.717) is 5.57 Å². The summed E-state index contributed by atoms with van der Waals surface area (Å²) in [4.78, 5) is 10.5. The van der Waals surface area contributed by atoms with Crippen molar-refractivity contribution in [3.05, 3.63) is 35.9 Å². The minimum atomic E-state index is 0.208. The van der Waals surface area contributed by atoms with E-state index in [1.54, 1.807) is 37.3 Å². The summed E-state index contributed by atoms with van der Waals surface area (Å²) in [6.07, 6.45) is 2.53. The lowest BCUT2D eigenvalue weighted by Crippen LogP contribution is -1.83. The highest BCUT2D eigenvalue weighted by molar-refractivity contribution is 6.06. The number of hydrogen-bond acceptors (Lipinski definition) is 2. The molecular formula is C10H10O2. The Hall–Kier alpha value is -1.57. The summed E-state index contributed by atoms with van der Waals surface area (Å²) >= 11 is 0. The van der Waals surface area contributed by atoms with Gasteiger partial charge in [0.25, 0.3) is 0 Å². The van der Waals surface area contributed by atoms with Gasteiger partial charge in [0.1, 0.15) is 12.0 Å². The smallest absolute Gasteiger partial charge is 0.150 e. The fourth-order valence-electron chi connectivity index (χ4n) is 0.957. The normalized spacial score (nSPS) is 11.2. The second-order valence-electron chi connectivity index (χ2n) is 2.41. The Morgan fingerprint density at radius 3 is 2.33 bits per heavy atom. The fraction of sp³-hybridized carbons (Fsp3) is 0.100. The maximum absolute atomic E-state index is 10.5. The van der Waals surface area contributed by atoms with Crippen molar-refractivity contribution < 1.29 is 9.90 Å². The first kappa shape index (κ1) is 8.53. The number of aldehydes is 1. The average molecular weight is 162 g/mol. The van der Waals surface area contributed by atoms with Crippen LogP contribution in [0.25, 0.3) is 5.57 Å². The molecule has 1 N–H and O–H groups in total. The number of aromatic hydroxyl groups is 1. The Kier molecular flexibility index (Phi) is 2.64. The highest BCUT2D eigenvalue weighted by Crippen LogP contribution is 2.15. The Morgan fingerprint density at radius 1 is 1.33 bits per heavy atom. The summed E-state index contributed by atoms with van der Waals surface area (Å²) in [5.41, 5.74) is 1.46. The number of hydrogen-bond donors (Lipinski definition) is 1. The number of allylic oxidation sites excluding steroid dienone is 2. The van der Waals surface area contributed by atoms with Crippen LogP contribution in [0.15, 0.2) is 30.3 Å². The first-order valence-electron chi connectivity index (χ1n) is 3.69. The summed E-state index contributed by atoms with van der Waals surface area (Å²) < 4.78 is 0. The molecule has 0 heterocycles. The molecule has 0 bridgehead atoms. The first-order valence-corrected chi connectivity index (χ1v) is 3.69. The maximum atomic E-state index is 10.5. The summed E-state index contributed by atoms with van der Waals surface area (Å²) in [5.74, 6) is 0.208. The third-order valence-electron chi connectivity index (χ3n) is 1.64. The Morgan fingerprint density at radius 2 is 1.92 bits per heavy atom. The molecule has 0 amide bonds. The molecule has 0 aromatic heterocycles. The molecule has 0 saturated carbocycles. The van der Waals surface area contributed by atoms with Crippen LogP contribution >= 0.6 is 0 Å². The molecule has 0 atom stereocenters. The molecule has 1 aromatic carbocycles. The number of benzene rings is 1. The SMILES string of the molecule is C/C=C(/C=O)c1ccc(O)cc1. The van der Waals surface area contributed by atoms with Crippen molar-refractivity contribution in [1.82, 2.24) is 0 Å². The third-order valence-corrected chi connectivity index (χ3v) is 1.64. The predicted molar refractivity (Wildman–Crippen MR) is 47.8 cm³/mol. The quantitative estimate of drug-likeness (QED) is 0.533. The van der Waals surface area contributed by atoms with Gasteiger partial charge >= 0.3 is 0 Å². The number of phenolic OH excluding ortho intramolecular Hbond substituents is 1. The zero-order chi connectivity index (χ0) is 8.97. The number of carbonyl (C=O) groups excluding carboxylic acids is 1. The van der Waals surface area contributed by atoms with E-state index < -0.39 is 0 Å². The number of rotatable bonds is 2. The van der Waals surface area contributed by atoms with Gasteiger partial charge in [-0.2, -0.15) is 0 Å².